The Kier molecular flexibility index (Phi) is 9.20. The maximum Gasteiger partial charge on any atom is 0.120 e. The predicted octanol–water partition coefficient (Wildman–Crippen LogP) is 2.86. The van der Waals surface area contributed by atoms with Crippen LogP contribution in [0.3, 0.4) is 0 Å². The van der Waals surface area contributed by atoms with Crippen LogP contribution in [0.15, 0.2) is 12.6 Å². The number of aldehydes is 4. The second-order valence-electron chi connectivity index (χ2n) is 5.59. The van der Waals surface area contributed by atoms with E-state index >= 15 is 0 Å². The maximum atomic E-state index is 10.9. The molecule has 4 nitrogen and oxygen atoms in total. The first-order valence-corrected chi connectivity index (χ1v) is 8.26. The Morgan fingerprint density at radius 1 is 0.667 bits per heavy atom. The molecule has 1 aromatic carbocycles. The van der Waals surface area contributed by atoms with Crippen LogP contribution < -0.4 is 0 Å². The molecule has 24 heavy (non-hydrogen) atoms. The van der Waals surface area contributed by atoms with Gasteiger partial charge in [-0.3, -0.25) is 0 Å². The zero-order chi connectivity index (χ0) is 17.8. The van der Waals surface area contributed by atoms with Gasteiger partial charge in [-0.1, -0.05) is 18.7 Å². The summed E-state index contributed by atoms with van der Waals surface area (Å²) in [7, 11) is 0. The molecule has 0 atom stereocenters. The average Bonchev–Trinajstić information content (AvgIpc) is 2.61. The Hall–Kier alpha value is -2.36. The molecule has 0 aliphatic carbocycles. The largest absolute Gasteiger partial charge is 0.303 e. The van der Waals surface area contributed by atoms with Gasteiger partial charge >= 0.3 is 0 Å². The summed E-state index contributed by atoms with van der Waals surface area (Å²) in [5.74, 6) is 0. The highest BCUT2D eigenvalue weighted by Gasteiger charge is 2.16. The molecule has 0 heterocycles. The summed E-state index contributed by atoms with van der Waals surface area (Å²) in [4.78, 5) is 43.3. The molecule has 0 N–H and O–H groups in total. The molecule has 1 rings (SSSR count). The van der Waals surface area contributed by atoms with Crippen LogP contribution in [-0.4, -0.2) is 25.1 Å². The minimum atomic E-state index is 0.385. The van der Waals surface area contributed by atoms with Crippen molar-refractivity contribution < 1.29 is 19.2 Å². The first-order chi connectivity index (χ1) is 11.7. The zero-order valence-electron chi connectivity index (χ0n) is 14.0. The average molecular weight is 328 g/mol. The molecule has 4 heteroatoms. The second-order valence-corrected chi connectivity index (χ2v) is 5.59. The molecule has 0 saturated carbocycles. The fraction of sp³-hybridized carbons (Fsp3) is 0.400. The Bertz CT molecular complexity index is 602. The highest BCUT2D eigenvalue weighted by atomic mass is 16.1. The lowest BCUT2D eigenvalue weighted by Crippen LogP contribution is -2.09. The molecule has 0 bridgehead atoms. The molecular weight excluding hydrogens is 304 g/mol. The summed E-state index contributed by atoms with van der Waals surface area (Å²) in [6, 6.07) is 2.00. The first-order valence-electron chi connectivity index (χ1n) is 8.26. The van der Waals surface area contributed by atoms with Gasteiger partial charge in [0.25, 0.3) is 0 Å². The van der Waals surface area contributed by atoms with Gasteiger partial charge in [0.05, 0.1) is 0 Å². The zero-order valence-corrected chi connectivity index (χ0v) is 14.0. The topological polar surface area (TPSA) is 68.3 Å². The van der Waals surface area contributed by atoms with Crippen molar-refractivity contribution in [2.24, 2.45) is 0 Å². The van der Waals surface area contributed by atoms with E-state index in [2.05, 4.69) is 6.58 Å². The van der Waals surface area contributed by atoms with Gasteiger partial charge in [-0.25, -0.2) is 0 Å². The van der Waals surface area contributed by atoms with Crippen LogP contribution in [0.2, 0.25) is 0 Å². The minimum absolute atomic E-state index is 0.385. The number of carbonyl (C=O) groups excluding carboxylic acids is 4. The van der Waals surface area contributed by atoms with Gasteiger partial charge in [0.2, 0.25) is 0 Å². The third-order valence-electron chi connectivity index (χ3n) is 4.08. The van der Waals surface area contributed by atoms with Gasteiger partial charge < -0.3 is 19.2 Å². The molecule has 1 aromatic rings. The summed E-state index contributed by atoms with van der Waals surface area (Å²) in [5, 5.41) is 0. The first kappa shape index (κ1) is 19.7. The molecule has 0 saturated heterocycles. The van der Waals surface area contributed by atoms with E-state index in [9.17, 15) is 19.2 Å². The van der Waals surface area contributed by atoms with E-state index in [0.717, 1.165) is 53.0 Å². The number of carbonyl (C=O) groups is 4. The normalized spacial score (nSPS) is 10.2. The Morgan fingerprint density at radius 2 is 1.12 bits per heavy atom. The third-order valence-corrected chi connectivity index (χ3v) is 4.08. The van der Waals surface area contributed by atoms with Crippen molar-refractivity contribution in [1.29, 1.82) is 0 Å². The van der Waals surface area contributed by atoms with E-state index in [0.29, 0.717) is 51.4 Å². The smallest absolute Gasteiger partial charge is 0.120 e. The lowest BCUT2D eigenvalue weighted by Gasteiger charge is -2.20. The van der Waals surface area contributed by atoms with Crippen LogP contribution in [0, 0.1) is 0 Å². The van der Waals surface area contributed by atoms with E-state index in [1.54, 1.807) is 6.08 Å². The second kappa shape index (κ2) is 11.2. The molecule has 0 fully saturated rings. The Balaban J connectivity index is 3.49. The monoisotopic (exact) mass is 328 g/mol. The quantitative estimate of drug-likeness (QED) is 0.522. The van der Waals surface area contributed by atoms with E-state index in [1.165, 1.54) is 0 Å². The molecule has 128 valence electrons. The Morgan fingerprint density at radius 3 is 1.62 bits per heavy atom. The number of rotatable bonds is 13. The van der Waals surface area contributed by atoms with Gasteiger partial charge in [-0.15, -0.1) is 0 Å². The van der Waals surface area contributed by atoms with Crippen LogP contribution in [0.25, 0.3) is 6.08 Å². The predicted molar refractivity (Wildman–Crippen MR) is 94.1 cm³/mol. The van der Waals surface area contributed by atoms with Crippen molar-refractivity contribution in [2.45, 2.75) is 51.4 Å². The van der Waals surface area contributed by atoms with Crippen molar-refractivity contribution in [3.63, 3.8) is 0 Å². The number of hydrogen-bond acceptors (Lipinski definition) is 4. The van der Waals surface area contributed by atoms with Crippen LogP contribution >= 0.6 is 0 Å². The minimum Gasteiger partial charge on any atom is -0.303 e. The molecular formula is C20H24O4. The molecule has 0 unspecified atom stereocenters. The van der Waals surface area contributed by atoms with Gasteiger partial charge in [-0.2, -0.15) is 0 Å². The SMILES string of the molecule is C=Cc1cc(CCC=O)c(CCC=O)c(CCC=O)c1CCC=O. The van der Waals surface area contributed by atoms with Crippen LogP contribution in [0.4, 0.5) is 0 Å². The van der Waals surface area contributed by atoms with Gasteiger partial charge in [0.15, 0.2) is 0 Å². The Labute approximate surface area is 142 Å². The van der Waals surface area contributed by atoms with Gasteiger partial charge in [0.1, 0.15) is 25.1 Å². The van der Waals surface area contributed by atoms with E-state index < -0.39 is 0 Å². The molecule has 0 aromatic heterocycles. The van der Waals surface area contributed by atoms with E-state index in [1.807, 2.05) is 6.07 Å². The fourth-order valence-corrected chi connectivity index (χ4v) is 3.05. The van der Waals surface area contributed by atoms with Crippen molar-refractivity contribution in [3.8, 4) is 0 Å². The van der Waals surface area contributed by atoms with Gasteiger partial charge in [-0.05, 0) is 53.5 Å². The number of aryl methyl sites for hydroxylation is 1. The fourth-order valence-electron chi connectivity index (χ4n) is 3.05. The highest BCUT2D eigenvalue weighted by Crippen LogP contribution is 2.29. The van der Waals surface area contributed by atoms with E-state index in [-0.39, 0.29) is 0 Å². The molecule has 0 aliphatic heterocycles. The van der Waals surface area contributed by atoms with Crippen molar-refractivity contribution >= 4 is 31.2 Å². The number of benzene rings is 1. The summed E-state index contributed by atoms with van der Waals surface area (Å²) in [6.07, 6.45) is 9.17. The van der Waals surface area contributed by atoms with Gasteiger partial charge in [0, 0.05) is 25.7 Å². The molecule has 0 spiro atoms. The summed E-state index contributed by atoms with van der Waals surface area (Å²) in [6.45, 7) is 3.85. The van der Waals surface area contributed by atoms with Crippen LogP contribution in [-0.2, 0) is 44.9 Å². The lowest BCUT2D eigenvalue weighted by atomic mass is 9.84. The van der Waals surface area contributed by atoms with Crippen LogP contribution in [0.5, 0.6) is 0 Å². The standard InChI is InChI=1S/C20H24O4/c1-2-16-15-17(7-3-11-21)19(9-5-13-23)20(10-6-14-24)18(16)8-4-12-22/h2,11-15H,1,3-10H2. The highest BCUT2D eigenvalue weighted by molar-refractivity contribution is 5.63. The maximum absolute atomic E-state index is 10.9. The molecule has 0 aliphatic rings. The van der Waals surface area contributed by atoms with Crippen molar-refractivity contribution in [2.75, 3.05) is 0 Å². The summed E-state index contributed by atoms with van der Waals surface area (Å²) < 4.78 is 0. The molecule has 0 amide bonds. The van der Waals surface area contributed by atoms with Crippen molar-refractivity contribution in [1.82, 2.24) is 0 Å². The van der Waals surface area contributed by atoms with E-state index in [4.69, 9.17) is 0 Å². The molecule has 0 radical (unpaired) electrons. The third kappa shape index (κ3) is 5.37. The number of hydrogen-bond donors (Lipinski definition) is 0. The summed E-state index contributed by atoms with van der Waals surface area (Å²) >= 11 is 0. The summed E-state index contributed by atoms with van der Waals surface area (Å²) in [5.41, 5.74) is 5.05. The van der Waals surface area contributed by atoms with Crippen molar-refractivity contribution in [3.05, 3.63) is 40.5 Å². The lowest BCUT2D eigenvalue weighted by molar-refractivity contribution is -0.108. The van der Waals surface area contributed by atoms with Crippen LogP contribution in [0.1, 0.15) is 53.5 Å².